The molecule has 14 heavy (non-hydrogen) atoms. The molecule has 1 fully saturated rings. The average molecular weight is 193 g/mol. The maximum absolute atomic E-state index is 11.7. The Morgan fingerprint density at radius 1 is 1.57 bits per heavy atom. The van der Waals surface area contributed by atoms with Gasteiger partial charge in [0.05, 0.1) is 24.1 Å². The molecule has 1 unspecified atom stereocenters. The molecule has 0 aliphatic carbocycles. The summed E-state index contributed by atoms with van der Waals surface area (Å²) < 4.78 is 0. The van der Waals surface area contributed by atoms with E-state index in [0.29, 0.717) is 25.1 Å². The summed E-state index contributed by atoms with van der Waals surface area (Å²) in [5.41, 5.74) is 0.522. The van der Waals surface area contributed by atoms with Crippen molar-refractivity contribution in [1.29, 1.82) is 0 Å². The molecule has 1 aliphatic rings. The van der Waals surface area contributed by atoms with E-state index in [1.165, 1.54) is 12.4 Å². The van der Waals surface area contributed by atoms with Crippen molar-refractivity contribution in [2.24, 2.45) is 0 Å². The molecule has 1 atom stereocenters. The number of hydrogen-bond acceptors (Lipinski definition) is 4. The molecular weight excluding hydrogens is 182 g/mol. The molecule has 1 saturated heterocycles. The second-order valence-electron chi connectivity index (χ2n) is 3.32. The molecule has 1 amide bonds. The van der Waals surface area contributed by atoms with Crippen molar-refractivity contribution in [2.45, 2.75) is 12.5 Å². The quantitative estimate of drug-likeness (QED) is 0.664. The lowest BCUT2D eigenvalue weighted by molar-refractivity contribution is 0.0764. The van der Waals surface area contributed by atoms with Gasteiger partial charge in [0.2, 0.25) is 0 Å². The van der Waals surface area contributed by atoms with Gasteiger partial charge < -0.3 is 10.0 Å². The van der Waals surface area contributed by atoms with Crippen molar-refractivity contribution >= 4 is 5.91 Å². The molecule has 0 spiro atoms. The number of nitrogens with zero attached hydrogens (tertiary/aromatic N) is 3. The summed E-state index contributed by atoms with van der Waals surface area (Å²) in [6.07, 6.45) is 3.20. The predicted octanol–water partition coefficient (Wildman–Crippen LogP) is -0.317. The van der Waals surface area contributed by atoms with Crippen LogP contribution in [0.2, 0.25) is 0 Å². The van der Waals surface area contributed by atoms with E-state index in [1.54, 1.807) is 11.0 Å². The molecule has 0 aromatic carbocycles. The normalized spacial score (nSPS) is 21.2. The Labute approximate surface area is 81.4 Å². The fraction of sp³-hybridized carbons (Fsp3) is 0.444. The zero-order valence-corrected chi connectivity index (χ0v) is 7.63. The van der Waals surface area contributed by atoms with Crippen LogP contribution < -0.4 is 0 Å². The molecule has 5 heteroatoms. The lowest BCUT2D eigenvalue weighted by Gasteiger charge is -2.14. The zero-order valence-electron chi connectivity index (χ0n) is 7.63. The second kappa shape index (κ2) is 3.71. The van der Waals surface area contributed by atoms with Crippen molar-refractivity contribution in [3.63, 3.8) is 0 Å². The largest absolute Gasteiger partial charge is 0.391 e. The third-order valence-corrected chi connectivity index (χ3v) is 2.28. The number of aliphatic hydroxyl groups excluding tert-OH is 1. The van der Waals surface area contributed by atoms with Crippen LogP contribution in [0.4, 0.5) is 0 Å². The molecule has 1 aliphatic heterocycles. The summed E-state index contributed by atoms with van der Waals surface area (Å²) in [4.78, 5) is 13.4. The van der Waals surface area contributed by atoms with Crippen molar-refractivity contribution < 1.29 is 9.90 Å². The van der Waals surface area contributed by atoms with Gasteiger partial charge in [-0.2, -0.15) is 10.2 Å². The SMILES string of the molecule is O=C(c1ccnnc1)N1CCC(O)C1. The summed E-state index contributed by atoms with van der Waals surface area (Å²) in [5, 5.41) is 16.5. The summed E-state index contributed by atoms with van der Waals surface area (Å²) in [6, 6.07) is 1.63. The number of β-amino-alcohol motifs (C(OH)–C–C–N with tert-alkyl or cyclic N) is 1. The van der Waals surface area contributed by atoms with Crippen LogP contribution in [0.1, 0.15) is 16.8 Å². The fourth-order valence-corrected chi connectivity index (χ4v) is 1.53. The maximum Gasteiger partial charge on any atom is 0.255 e. The van der Waals surface area contributed by atoms with Crippen molar-refractivity contribution in [3.8, 4) is 0 Å². The van der Waals surface area contributed by atoms with E-state index in [-0.39, 0.29) is 12.0 Å². The smallest absolute Gasteiger partial charge is 0.255 e. The van der Waals surface area contributed by atoms with Gasteiger partial charge in [-0.1, -0.05) is 0 Å². The number of carbonyl (C=O) groups is 1. The number of aromatic nitrogens is 2. The van der Waals surface area contributed by atoms with Crippen LogP contribution in [-0.4, -0.2) is 45.3 Å². The molecule has 1 aromatic heterocycles. The fourth-order valence-electron chi connectivity index (χ4n) is 1.53. The number of aliphatic hydroxyl groups is 1. The van der Waals surface area contributed by atoms with Crippen LogP contribution >= 0.6 is 0 Å². The van der Waals surface area contributed by atoms with Crippen LogP contribution in [0, 0.1) is 0 Å². The van der Waals surface area contributed by atoms with Crippen LogP contribution in [0.5, 0.6) is 0 Å². The van der Waals surface area contributed by atoms with Gasteiger partial charge in [-0.3, -0.25) is 4.79 Å². The van der Waals surface area contributed by atoms with Gasteiger partial charge in [-0.25, -0.2) is 0 Å². The Morgan fingerprint density at radius 2 is 2.43 bits per heavy atom. The highest BCUT2D eigenvalue weighted by molar-refractivity contribution is 5.93. The number of likely N-dealkylation sites (tertiary alicyclic amines) is 1. The topological polar surface area (TPSA) is 66.3 Å². The van der Waals surface area contributed by atoms with Crippen molar-refractivity contribution in [2.75, 3.05) is 13.1 Å². The first-order valence-corrected chi connectivity index (χ1v) is 4.51. The Morgan fingerprint density at radius 3 is 3.00 bits per heavy atom. The minimum atomic E-state index is -0.381. The third kappa shape index (κ3) is 1.72. The van der Waals surface area contributed by atoms with E-state index in [4.69, 9.17) is 0 Å². The van der Waals surface area contributed by atoms with E-state index in [2.05, 4.69) is 10.2 Å². The monoisotopic (exact) mass is 193 g/mol. The molecule has 0 bridgehead atoms. The van der Waals surface area contributed by atoms with Crippen LogP contribution in [-0.2, 0) is 0 Å². The average Bonchev–Trinajstić information content (AvgIpc) is 2.65. The summed E-state index contributed by atoms with van der Waals surface area (Å²) in [5.74, 6) is -0.0866. The zero-order chi connectivity index (χ0) is 9.97. The highest BCUT2D eigenvalue weighted by Crippen LogP contribution is 2.12. The second-order valence-corrected chi connectivity index (χ2v) is 3.32. The lowest BCUT2D eigenvalue weighted by atomic mass is 10.3. The number of amides is 1. The van der Waals surface area contributed by atoms with Gasteiger partial charge in [0.25, 0.3) is 5.91 Å². The van der Waals surface area contributed by atoms with E-state index in [0.717, 1.165) is 0 Å². The highest BCUT2D eigenvalue weighted by Gasteiger charge is 2.25. The standard InChI is InChI=1S/C9H11N3O2/c13-8-2-4-12(6-8)9(14)7-1-3-10-11-5-7/h1,3,5,8,13H,2,4,6H2. The molecule has 1 aromatic rings. The van der Waals surface area contributed by atoms with E-state index < -0.39 is 0 Å². The highest BCUT2D eigenvalue weighted by atomic mass is 16.3. The van der Waals surface area contributed by atoms with Crippen LogP contribution in [0.15, 0.2) is 18.5 Å². The molecule has 74 valence electrons. The third-order valence-electron chi connectivity index (χ3n) is 2.28. The molecule has 0 radical (unpaired) electrons. The van der Waals surface area contributed by atoms with E-state index in [9.17, 15) is 9.90 Å². The summed E-state index contributed by atoms with van der Waals surface area (Å²) in [6.45, 7) is 1.03. The first-order chi connectivity index (χ1) is 6.77. The van der Waals surface area contributed by atoms with Gasteiger partial charge in [0, 0.05) is 13.1 Å². The Bertz CT molecular complexity index is 328. The molecular formula is C9H11N3O2. The Balaban J connectivity index is 2.10. The predicted molar refractivity (Wildman–Crippen MR) is 48.6 cm³/mol. The Kier molecular flexibility index (Phi) is 2.41. The molecule has 2 heterocycles. The van der Waals surface area contributed by atoms with Gasteiger partial charge in [0.15, 0.2) is 0 Å². The van der Waals surface area contributed by atoms with Gasteiger partial charge in [0.1, 0.15) is 0 Å². The Hall–Kier alpha value is -1.49. The van der Waals surface area contributed by atoms with E-state index >= 15 is 0 Å². The van der Waals surface area contributed by atoms with E-state index in [1.807, 2.05) is 0 Å². The van der Waals surface area contributed by atoms with Crippen molar-refractivity contribution in [1.82, 2.24) is 15.1 Å². The molecule has 1 N–H and O–H groups in total. The molecule has 2 rings (SSSR count). The van der Waals surface area contributed by atoms with Crippen molar-refractivity contribution in [3.05, 3.63) is 24.0 Å². The molecule has 0 saturated carbocycles. The minimum absolute atomic E-state index is 0.0866. The first-order valence-electron chi connectivity index (χ1n) is 4.51. The van der Waals surface area contributed by atoms with Gasteiger partial charge in [-0.15, -0.1) is 0 Å². The number of carbonyl (C=O) groups excluding carboxylic acids is 1. The number of hydrogen-bond donors (Lipinski definition) is 1. The number of rotatable bonds is 1. The van der Waals surface area contributed by atoms with Crippen LogP contribution in [0.3, 0.4) is 0 Å². The van der Waals surface area contributed by atoms with Gasteiger partial charge in [-0.05, 0) is 12.5 Å². The van der Waals surface area contributed by atoms with Crippen LogP contribution in [0.25, 0.3) is 0 Å². The summed E-state index contributed by atoms with van der Waals surface area (Å²) in [7, 11) is 0. The lowest BCUT2D eigenvalue weighted by Crippen LogP contribution is -2.29. The minimum Gasteiger partial charge on any atom is -0.391 e. The van der Waals surface area contributed by atoms with Gasteiger partial charge >= 0.3 is 0 Å². The summed E-state index contributed by atoms with van der Waals surface area (Å²) >= 11 is 0. The maximum atomic E-state index is 11.7. The molecule has 5 nitrogen and oxygen atoms in total. The first kappa shape index (κ1) is 9.08.